The van der Waals surface area contributed by atoms with E-state index in [4.69, 9.17) is 37.9 Å². The van der Waals surface area contributed by atoms with Crippen molar-refractivity contribution in [2.45, 2.75) is 138 Å². The number of carboxylic acids is 2. The van der Waals surface area contributed by atoms with Crippen molar-refractivity contribution < 1.29 is 108 Å². The number of amides is 2. The van der Waals surface area contributed by atoms with E-state index in [1.165, 1.54) is 28.1 Å². The molecule has 372 valence electrons. The summed E-state index contributed by atoms with van der Waals surface area (Å²) in [6.07, 6.45) is -15.3. The number of carbonyl (C=O) groups is 4. The van der Waals surface area contributed by atoms with Gasteiger partial charge in [0.2, 0.25) is 11.8 Å². The molecule has 4 rings (SSSR count). The number of hydrogen-bond acceptors (Lipinski definition) is 22. The van der Waals surface area contributed by atoms with Crippen molar-refractivity contribution in [2.24, 2.45) is 23.7 Å². The molecule has 10 N–H and O–H groups in total. The lowest BCUT2D eigenvalue weighted by atomic mass is 9.84. The topological polar surface area (TPSA) is 374 Å². The fourth-order valence-corrected chi connectivity index (χ4v) is 8.77. The summed E-state index contributed by atoms with van der Waals surface area (Å²) >= 11 is 0. The van der Waals surface area contributed by atoms with Gasteiger partial charge in [0.25, 0.3) is 0 Å². The van der Waals surface area contributed by atoms with Gasteiger partial charge >= 0.3 is 0 Å². The predicted molar refractivity (Wildman–Crippen MR) is 210 cm³/mol. The first-order valence-electron chi connectivity index (χ1n) is 21.3. The quantitative estimate of drug-likeness (QED) is 0.0542. The van der Waals surface area contributed by atoms with Crippen LogP contribution in [0.3, 0.4) is 0 Å². The van der Waals surface area contributed by atoms with Gasteiger partial charge < -0.3 is 109 Å². The van der Waals surface area contributed by atoms with Crippen LogP contribution in [0.1, 0.15) is 40.5 Å². The Balaban J connectivity index is 0.000000340. The minimum Gasteiger partial charge on any atom is -0.547 e. The molecule has 24 heteroatoms. The van der Waals surface area contributed by atoms with Crippen LogP contribution in [0.2, 0.25) is 0 Å². The number of hydrogen-bond donors (Lipinski definition) is 10. The van der Waals surface area contributed by atoms with Crippen LogP contribution in [0, 0.1) is 23.7 Å². The van der Waals surface area contributed by atoms with E-state index < -0.39 is 146 Å². The van der Waals surface area contributed by atoms with Crippen LogP contribution in [0.4, 0.5) is 0 Å². The summed E-state index contributed by atoms with van der Waals surface area (Å²) in [5.41, 5.74) is 0. The molecule has 24 nitrogen and oxygen atoms in total. The third-order valence-electron chi connectivity index (χ3n) is 12.2. The Morgan fingerprint density at radius 3 is 1.09 bits per heavy atom. The first-order valence-corrected chi connectivity index (χ1v) is 21.3. The van der Waals surface area contributed by atoms with Crippen LogP contribution in [0.15, 0.2) is 0 Å². The molecule has 0 aliphatic carbocycles. The molecule has 0 bridgehead atoms. The van der Waals surface area contributed by atoms with Crippen LogP contribution in [0.25, 0.3) is 0 Å². The number of carbonyl (C=O) groups excluding carboxylic acids is 4. The van der Waals surface area contributed by atoms with E-state index in [-0.39, 0.29) is 64.3 Å². The maximum Gasteiger partial charge on any atom is 0.217 e. The zero-order chi connectivity index (χ0) is 48.0. The zero-order valence-electron chi connectivity index (χ0n) is 36.9. The molecule has 4 fully saturated rings. The van der Waals surface area contributed by atoms with Crippen molar-refractivity contribution >= 4 is 23.8 Å². The molecule has 20 atom stereocenters. The number of methoxy groups -OCH3 is 2. The highest BCUT2D eigenvalue weighted by molar-refractivity contribution is 5.74. The van der Waals surface area contributed by atoms with Crippen molar-refractivity contribution in [3.8, 4) is 0 Å². The highest BCUT2D eigenvalue weighted by atomic mass is 16.6. The summed E-state index contributed by atoms with van der Waals surface area (Å²) in [6, 6.07) is -1.62. The average Bonchev–Trinajstić information content (AvgIpc) is 3.24. The number of aliphatic carboxylic acids is 2. The maximum absolute atomic E-state index is 11.6. The first kappa shape index (κ1) is 55.6. The standard InChI is InChI=1S/2C20H35NO11/c2*1-4-10-17(25)18(26)14(32-19(10)20(27)28)8-30-6-11-12(5-22)31-13(7-29-3)15(16(11)24)21-9(2)23/h2*10-19,22,24-26H,4-8H2,1-3H3,(H,21,23)(H,27,28)/p-2. The number of rotatable bonds is 20. The van der Waals surface area contributed by atoms with Crippen molar-refractivity contribution in [3.05, 3.63) is 0 Å². The van der Waals surface area contributed by atoms with Crippen LogP contribution in [-0.4, -0.2) is 229 Å². The minimum atomic E-state index is -1.49. The Labute approximate surface area is 371 Å². The number of nitrogens with one attached hydrogen (secondary N) is 2. The molecule has 0 radical (unpaired) electrons. The Bertz CT molecular complexity index is 1340. The van der Waals surface area contributed by atoms with Crippen molar-refractivity contribution in [1.82, 2.24) is 10.6 Å². The SMILES string of the molecule is CCC1C(C(=O)[O-])OC(COCC2C(CO)OC(COC)C(NC(C)=O)C2O)C(O)C1O.CCC1C(C(=O)[O-])OC(COCC2C(CO)OC(COC)C(NC(C)=O)C2O)C(O)C1O. The predicted octanol–water partition coefficient (Wildman–Crippen LogP) is -7.69. The van der Waals surface area contributed by atoms with E-state index in [2.05, 4.69) is 10.6 Å². The van der Waals surface area contributed by atoms with Crippen LogP contribution >= 0.6 is 0 Å². The minimum absolute atomic E-state index is 0.0787. The van der Waals surface area contributed by atoms with Crippen LogP contribution in [-0.2, 0) is 57.1 Å². The van der Waals surface area contributed by atoms with Gasteiger partial charge in [0.05, 0.1) is 114 Å². The van der Waals surface area contributed by atoms with Gasteiger partial charge in [0, 0.05) is 51.7 Å². The molecule has 4 aliphatic rings. The van der Waals surface area contributed by atoms with Gasteiger partial charge in [0.1, 0.15) is 48.8 Å². The van der Waals surface area contributed by atoms with Crippen molar-refractivity contribution in [1.29, 1.82) is 0 Å². The summed E-state index contributed by atoms with van der Waals surface area (Å²) in [5.74, 6) is -6.91. The number of carboxylic acid groups (broad SMARTS) is 2. The molecule has 20 unspecified atom stereocenters. The van der Waals surface area contributed by atoms with Gasteiger partial charge in [-0.05, 0) is 12.8 Å². The number of aliphatic hydroxyl groups excluding tert-OH is 8. The number of aliphatic hydroxyl groups is 8. The van der Waals surface area contributed by atoms with Gasteiger partial charge in [-0.25, -0.2) is 0 Å². The van der Waals surface area contributed by atoms with E-state index in [1.807, 2.05) is 0 Å². The second-order valence-corrected chi connectivity index (χ2v) is 16.5. The molecule has 0 aromatic carbocycles. The Hall–Kier alpha value is -2.76. The fourth-order valence-electron chi connectivity index (χ4n) is 8.77. The monoisotopic (exact) mass is 928 g/mol. The highest BCUT2D eigenvalue weighted by Gasteiger charge is 2.49. The van der Waals surface area contributed by atoms with Crippen LogP contribution in [0.5, 0.6) is 0 Å². The molecule has 2 amide bonds. The van der Waals surface area contributed by atoms with Crippen molar-refractivity contribution in [2.75, 3.05) is 67.1 Å². The molecule has 4 aliphatic heterocycles. The summed E-state index contributed by atoms with van der Waals surface area (Å²) < 4.78 is 43.7. The average molecular weight is 929 g/mol. The summed E-state index contributed by atoms with van der Waals surface area (Å²) in [5, 5.41) is 110. The van der Waals surface area contributed by atoms with Gasteiger partial charge in [-0.15, -0.1) is 0 Å². The second kappa shape index (κ2) is 26.5. The molecule has 4 saturated heterocycles. The molecule has 4 heterocycles. The van der Waals surface area contributed by atoms with Gasteiger partial charge in [-0.2, -0.15) is 0 Å². The summed E-state index contributed by atoms with van der Waals surface area (Å²) in [4.78, 5) is 45.9. The molecule has 64 heavy (non-hydrogen) atoms. The maximum atomic E-state index is 11.6. The molecule has 0 aromatic rings. The second-order valence-electron chi connectivity index (χ2n) is 16.5. The van der Waals surface area contributed by atoms with Crippen molar-refractivity contribution in [3.63, 3.8) is 0 Å². The Kier molecular flexibility index (Phi) is 23.0. The third kappa shape index (κ3) is 14.1. The summed E-state index contributed by atoms with van der Waals surface area (Å²) in [7, 11) is 2.88. The third-order valence-corrected chi connectivity index (χ3v) is 12.2. The lowest BCUT2D eigenvalue weighted by molar-refractivity contribution is -0.332. The van der Waals surface area contributed by atoms with Gasteiger partial charge in [-0.3, -0.25) is 9.59 Å². The van der Waals surface area contributed by atoms with E-state index in [0.717, 1.165) is 0 Å². The van der Waals surface area contributed by atoms with E-state index in [0.29, 0.717) is 0 Å². The normalized spacial score (nSPS) is 40.1. The number of ether oxygens (including phenoxy) is 8. The fraction of sp³-hybridized carbons (Fsp3) is 0.900. The molecular weight excluding hydrogens is 860 g/mol. The molecular formula is C40H68N2O22-2. The van der Waals surface area contributed by atoms with E-state index in [1.54, 1.807) is 13.8 Å². The smallest absolute Gasteiger partial charge is 0.217 e. The Morgan fingerprint density at radius 1 is 0.484 bits per heavy atom. The zero-order valence-corrected chi connectivity index (χ0v) is 36.9. The lowest BCUT2D eigenvalue weighted by Gasteiger charge is -2.45. The Morgan fingerprint density at radius 2 is 0.828 bits per heavy atom. The van der Waals surface area contributed by atoms with Gasteiger partial charge in [-0.1, -0.05) is 13.8 Å². The highest BCUT2D eigenvalue weighted by Crippen LogP contribution is 2.32. The molecule has 0 saturated carbocycles. The van der Waals surface area contributed by atoms with E-state index >= 15 is 0 Å². The molecule has 0 aromatic heterocycles. The largest absolute Gasteiger partial charge is 0.547 e. The lowest BCUT2D eigenvalue weighted by Crippen LogP contribution is -2.63. The molecule has 0 spiro atoms. The van der Waals surface area contributed by atoms with E-state index in [9.17, 15) is 70.2 Å². The van der Waals surface area contributed by atoms with Crippen LogP contribution < -0.4 is 20.8 Å². The van der Waals surface area contributed by atoms with Gasteiger partial charge in [0.15, 0.2) is 0 Å². The summed E-state index contributed by atoms with van der Waals surface area (Å²) in [6.45, 7) is 4.35. The first-order chi connectivity index (χ1) is 30.3.